The monoisotopic (exact) mass is 171 g/mol. The molecule has 0 aromatic carbocycles. The quantitative estimate of drug-likeness (QED) is 0.445. The van der Waals surface area contributed by atoms with E-state index in [9.17, 15) is 4.79 Å². The van der Waals surface area contributed by atoms with Gasteiger partial charge in [-0.1, -0.05) is 6.92 Å². The van der Waals surface area contributed by atoms with Crippen molar-refractivity contribution in [3.05, 3.63) is 0 Å². The second-order valence-corrected chi connectivity index (χ2v) is 1.85. The number of hydrogen-bond acceptors (Lipinski definition) is 2. The van der Waals surface area contributed by atoms with Gasteiger partial charge < -0.3 is 10.4 Å². The molecule has 0 saturated heterocycles. The van der Waals surface area contributed by atoms with Crippen LogP contribution in [-0.2, 0) is 4.79 Å². The van der Waals surface area contributed by atoms with Crippen molar-refractivity contribution in [3.63, 3.8) is 0 Å². The number of rotatable bonds is 5. The van der Waals surface area contributed by atoms with E-state index in [4.69, 9.17) is 5.11 Å². The van der Waals surface area contributed by atoms with Crippen LogP contribution in [-0.4, -0.2) is 75.5 Å². The zero-order valence-corrected chi connectivity index (χ0v) is 5.68. The number of nitrogens with one attached hydrogen (secondary N) is 1. The van der Waals surface area contributed by atoms with Gasteiger partial charge in [-0.2, -0.15) is 0 Å². The van der Waals surface area contributed by atoms with Gasteiger partial charge in [0.1, 0.15) is 0 Å². The van der Waals surface area contributed by atoms with Gasteiger partial charge in [-0.05, 0) is 19.5 Å². The van der Waals surface area contributed by atoms with Crippen molar-refractivity contribution in [1.82, 2.24) is 5.32 Å². The summed E-state index contributed by atoms with van der Waals surface area (Å²) in [7, 11) is 0. The number of carboxylic acids is 1. The van der Waals surface area contributed by atoms with Crippen LogP contribution in [0.3, 0.4) is 0 Å². The normalized spacial score (nSPS) is 8.50. The minimum absolute atomic E-state index is 0. The predicted octanol–water partition coefficient (Wildman–Crippen LogP) is -0.188. The molecule has 0 aromatic rings. The standard InChI is InChI=1S/C6H13NO2.K.H/c1-2-7-5-3-4-6(8)9;;/h7H,2-5H2,1H3,(H,8,9);;. The third-order valence-corrected chi connectivity index (χ3v) is 0.994. The molecule has 0 aliphatic carbocycles. The maximum absolute atomic E-state index is 9.93. The zero-order chi connectivity index (χ0) is 7.11. The summed E-state index contributed by atoms with van der Waals surface area (Å²) in [5.41, 5.74) is 0. The van der Waals surface area contributed by atoms with Crippen LogP contribution < -0.4 is 5.32 Å². The van der Waals surface area contributed by atoms with Crippen LogP contribution in [0, 0.1) is 0 Å². The molecule has 0 rings (SSSR count). The van der Waals surface area contributed by atoms with Gasteiger partial charge >= 0.3 is 57.4 Å². The van der Waals surface area contributed by atoms with Crippen LogP contribution in [0.15, 0.2) is 0 Å². The molecule has 0 aromatic heterocycles. The Bertz CT molecular complexity index is 87.8. The molecule has 0 radical (unpaired) electrons. The number of hydrogen-bond donors (Lipinski definition) is 2. The summed E-state index contributed by atoms with van der Waals surface area (Å²) in [6.07, 6.45) is 0.996. The van der Waals surface area contributed by atoms with Crippen LogP contribution in [0.1, 0.15) is 19.8 Å². The molecule has 0 amide bonds. The van der Waals surface area contributed by atoms with E-state index in [2.05, 4.69) is 5.32 Å². The van der Waals surface area contributed by atoms with Gasteiger partial charge in [0.25, 0.3) is 0 Å². The number of carbonyl (C=O) groups is 1. The molecule has 56 valence electrons. The minimum atomic E-state index is -0.715. The van der Waals surface area contributed by atoms with Crippen molar-refractivity contribution in [3.8, 4) is 0 Å². The predicted molar refractivity (Wildman–Crippen MR) is 42.6 cm³/mol. The van der Waals surface area contributed by atoms with E-state index in [0.29, 0.717) is 0 Å². The SMILES string of the molecule is CCNCCCC(=O)O.[KH]. The van der Waals surface area contributed by atoms with Crippen LogP contribution >= 0.6 is 0 Å². The van der Waals surface area contributed by atoms with Crippen LogP contribution in [0.5, 0.6) is 0 Å². The van der Waals surface area contributed by atoms with E-state index in [1.165, 1.54) is 0 Å². The van der Waals surface area contributed by atoms with Crippen molar-refractivity contribution in [2.75, 3.05) is 13.1 Å². The molecule has 0 aliphatic rings. The first-order chi connectivity index (χ1) is 4.27. The first-order valence-electron chi connectivity index (χ1n) is 3.20. The van der Waals surface area contributed by atoms with Crippen LogP contribution in [0.4, 0.5) is 0 Å². The Morgan fingerprint density at radius 3 is 2.60 bits per heavy atom. The Labute approximate surface area is 104 Å². The van der Waals surface area contributed by atoms with Crippen molar-refractivity contribution in [1.29, 1.82) is 0 Å². The molecule has 0 fully saturated rings. The first-order valence-corrected chi connectivity index (χ1v) is 3.20. The second-order valence-electron chi connectivity index (χ2n) is 1.85. The fourth-order valence-electron chi connectivity index (χ4n) is 0.541. The molecule has 0 bridgehead atoms. The van der Waals surface area contributed by atoms with Crippen molar-refractivity contribution < 1.29 is 9.90 Å². The molecule has 0 saturated carbocycles. The summed E-state index contributed by atoms with van der Waals surface area (Å²) in [6, 6.07) is 0. The van der Waals surface area contributed by atoms with Gasteiger partial charge in [0, 0.05) is 6.42 Å². The summed E-state index contributed by atoms with van der Waals surface area (Å²) in [4.78, 5) is 9.93. The Morgan fingerprint density at radius 2 is 2.20 bits per heavy atom. The van der Waals surface area contributed by atoms with Gasteiger partial charge in [0.2, 0.25) is 0 Å². The molecular formula is C6H14KNO2. The molecule has 0 spiro atoms. The van der Waals surface area contributed by atoms with Gasteiger partial charge in [0.05, 0.1) is 0 Å². The molecule has 0 heterocycles. The van der Waals surface area contributed by atoms with Crippen LogP contribution in [0.25, 0.3) is 0 Å². The molecular weight excluding hydrogens is 157 g/mol. The molecule has 0 atom stereocenters. The summed E-state index contributed by atoms with van der Waals surface area (Å²) >= 11 is 0. The van der Waals surface area contributed by atoms with Crippen molar-refractivity contribution in [2.45, 2.75) is 19.8 Å². The molecule has 0 aliphatic heterocycles. The van der Waals surface area contributed by atoms with Gasteiger partial charge in [0.15, 0.2) is 0 Å². The molecule has 2 N–H and O–H groups in total. The van der Waals surface area contributed by atoms with Gasteiger partial charge in [-0.25, -0.2) is 0 Å². The van der Waals surface area contributed by atoms with Gasteiger partial charge in [-0.15, -0.1) is 0 Å². The Balaban J connectivity index is 0. The third-order valence-electron chi connectivity index (χ3n) is 0.994. The molecule has 3 nitrogen and oxygen atoms in total. The van der Waals surface area contributed by atoms with E-state index >= 15 is 0 Å². The molecule has 0 unspecified atom stereocenters. The third kappa shape index (κ3) is 11.8. The topological polar surface area (TPSA) is 49.3 Å². The Hall–Kier alpha value is 1.07. The fraction of sp³-hybridized carbons (Fsp3) is 0.833. The van der Waals surface area contributed by atoms with E-state index in [1.807, 2.05) is 6.92 Å². The zero-order valence-electron chi connectivity index (χ0n) is 5.68. The van der Waals surface area contributed by atoms with Crippen LogP contribution in [0.2, 0.25) is 0 Å². The summed E-state index contributed by atoms with van der Waals surface area (Å²) in [5.74, 6) is -0.715. The summed E-state index contributed by atoms with van der Waals surface area (Å²) in [5, 5.41) is 11.2. The summed E-state index contributed by atoms with van der Waals surface area (Å²) < 4.78 is 0. The first kappa shape index (κ1) is 13.6. The molecule has 10 heavy (non-hydrogen) atoms. The average molecular weight is 171 g/mol. The van der Waals surface area contributed by atoms with E-state index in [0.717, 1.165) is 19.5 Å². The summed E-state index contributed by atoms with van der Waals surface area (Å²) in [6.45, 7) is 3.73. The Kier molecular flexibility index (Phi) is 13.7. The van der Waals surface area contributed by atoms with Crippen molar-refractivity contribution in [2.24, 2.45) is 0 Å². The average Bonchev–Trinajstić information content (AvgIpc) is 1.80. The van der Waals surface area contributed by atoms with Crippen molar-refractivity contribution >= 4 is 57.4 Å². The van der Waals surface area contributed by atoms with E-state index in [-0.39, 0.29) is 57.8 Å². The fourth-order valence-corrected chi connectivity index (χ4v) is 0.541. The van der Waals surface area contributed by atoms with E-state index in [1.54, 1.807) is 0 Å². The molecule has 4 heteroatoms. The maximum atomic E-state index is 9.93. The number of aliphatic carboxylic acids is 1. The van der Waals surface area contributed by atoms with E-state index < -0.39 is 5.97 Å². The Morgan fingerprint density at radius 1 is 1.60 bits per heavy atom. The number of carboxylic acid groups (broad SMARTS) is 1. The second kappa shape index (κ2) is 10.1. The van der Waals surface area contributed by atoms with Gasteiger partial charge in [-0.3, -0.25) is 4.79 Å².